The van der Waals surface area contributed by atoms with Gasteiger partial charge in [-0.1, -0.05) is 17.7 Å². The molecular weight excluding hydrogens is 476 g/mol. The van der Waals surface area contributed by atoms with Crippen LogP contribution >= 0.6 is 11.6 Å². The Morgan fingerprint density at radius 1 is 1.19 bits per heavy atom. The van der Waals surface area contributed by atoms with E-state index in [1.165, 1.54) is 0 Å². The van der Waals surface area contributed by atoms with E-state index in [0.717, 1.165) is 54.3 Å². The summed E-state index contributed by atoms with van der Waals surface area (Å²) in [6, 6.07) is 11.3. The minimum atomic E-state index is -0.170. The smallest absolute Gasteiger partial charge is 0.196 e. The number of halogens is 1. The Labute approximate surface area is 214 Å². The molecule has 3 aromatic heterocycles. The van der Waals surface area contributed by atoms with Crippen molar-refractivity contribution in [2.24, 2.45) is 0 Å². The molecule has 5 heterocycles. The van der Waals surface area contributed by atoms with Crippen LogP contribution in [-0.4, -0.2) is 35.3 Å². The molecule has 184 valence electrons. The van der Waals surface area contributed by atoms with Crippen molar-refractivity contribution in [2.75, 3.05) is 29.9 Å². The molecule has 1 N–H and O–H groups in total. The molecule has 2 saturated heterocycles. The highest BCUT2D eigenvalue weighted by atomic mass is 35.5. The van der Waals surface area contributed by atoms with Crippen LogP contribution in [0.5, 0.6) is 0 Å². The number of hydrogen-bond acceptors (Lipinski definition) is 7. The third kappa shape index (κ3) is 3.83. The van der Waals surface area contributed by atoms with Gasteiger partial charge in [0.2, 0.25) is 0 Å². The van der Waals surface area contributed by atoms with Gasteiger partial charge in [0.15, 0.2) is 11.2 Å². The van der Waals surface area contributed by atoms with Gasteiger partial charge in [-0.05, 0) is 56.7 Å². The van der Waals surface area contributed by atoms with Gasteiger partial charge >= 0.3 is 0 Å². The number of anilines is 2. The number of aryl methyl sites for hydroxylation is 1. The van der Waals surface area contributed by atoms with Crippen molar-refractivity contribution in [3.8, 4) is 11.3 Å². The number of ether oxygens (including phenoxy) is 1. The van der Waals surface area contributed by atoms with Gasteiger partial charge in [-0.25, -0.2) is 4.98 Å². The minimum Gasteiger partial charge on any atom is -0.455 e. The second-order valence-electron chi connectivity index (χ2n) is 9.87. The molecular formula is C28H27ClN4O3. The van der Waals surface area contributed by atoms with E-state index >= 15 is 0 Å². The molecule has 0 aliphatic carbocycles. The van der Waals surface area contributed by atoms with Crippen molar-refractivity contribution in [1.29, 1.82) is 0 Å². The van der Waals surface area contributed by atoms with Crippen LogP contribution in [0.1, 0.15) is 36.1 Å². The second kappa shape index (κ2) is 8.61. The van der Waals surface area contributed by atoms with E-state index in [9.17, 15) is 4.79 Å². The lowest BCUT2D eigenvalue weighted by Crippen LogP contribution is -2.68. The lowest BCUT2D eigenvalue weighted by atomic mass is 9.86. The monoisotopic (exact) mass is 502 g/mol. The average molecular weight is 503 g/mol. The standard InChI is InChI=1S/C28H27ClN4O3/c1-16-11-20(26-21(12-16)24(34)17(2)25(36-26)19-5-4-9-30-13-19)18(3)31-22-6-7-23(29)32-27(22)33-14-28(15-33)8-10-35-28/h4-7,9,11-13,18,31H,8,10,14-15H2,1-3H3/t18-/m1/s1. The number of aromatic nitrogens is 2. The van der Waals surface area contributed by atoms with Gasteiger partial charge in [0.25, 0.3) is 0 Å². The van der Waals surface area contributed by atoms with Crippen LogP contribution in [0.3, 0.4) is 0 Å². The van der Waals surface area contributed by atoms with Gasteiger partial charge in [-0.2, -0.15) is 0 Å². The lowest BCUT2D eigenvalue weighted by molar-refractivity contribution is -0.161. The van der Waals surface area contributed by atoms with E-state index in [-0.39, 0.29) is 17.1 Å². The summed E-state index contributed by atoms with van der Waals surface area (Å²) in [5.41, 5.74) is 4.62. The van der Waals surface area contributed by atoms with E-state index in [4.69, 9.17) is 20.8 Å². The molecule has 1 spiro atoms. The first-order valence-electron chi connectivity index (χ1n) is 12.1. The van der Waals surface area contributed by atoms with Crippen LogP contribution < -0.4 is 15.6 Å². The van der Waals surface area contributed by atoms with Crippen LogP contribution in [0.4, 0.5) is 11.5 Å². The zero-order valence-corrected chi connectivity index (χ0v) is 21.2. The summed E-state index contributed by atoms with van der Waals surface area (Å²) in [5, 5.41) is 4.62. The zero-order chi connectivity index (χ0) is 25.0. The fourth-order valence-electron chi connectivity index (χ4n) is 5.19. The van der Waals surface area contributed by atoms with Crippen molar-refractivity contribution in [3.05, 3.63) is 80.9 Å². The summed E-state index contributed by atoms with van der Waals surface area (Å²) in [4.78, 5) is 24.4. The van der Waals surface area contributed by atoms with E-state index in [0.29, 0.717) is 27.4 Å². The number of fused-ring (bicyclic) bond motifs is 1. The van der Waals surface area contributed by atoms with Crippen LogP contribution in [-0.2, 0) is 4.74 Å². The maximum Gasteiger partial charge on any atom is 0.196 e. The van der Waals surface area contributed by atoms with Gasteiger partial charge < -0.3 is 19.4 Å². The molecule has 2 fully saturated rings. The maximum absolute atomic E-state index is 13.4. The number of rotatable bonds is 5. The Hall–Kier alpha value is -3.42. The summed E-state index contributed by atoms with van der Waals surface area (Å²) in [6.07, 6.45) is 4.49. The molecule has 0 bridgehead atoms. The normalized spacial score (nSPS) is 17.1. The molecule has 0 unspecified atom stereocenters. The van der Waals surface area contributed by atoms with Crippen molar-refractivity contribution in [1.82, 2.24) is 9.97 Å². The molecule has 2 aliphatic rings. The summed E-state index contributed by atoms with van der Waals surface area (Å²) < 4.78 is 12.2. The molecule has 1 atom stereocenters. The molecule has 8 heteroatoms. The number of nitrogens with zero attached hydrogens (tertiary/aromatic N) is 3. The second-order valence-corrected chi connectivity index (χ2v) is 10.3. The van der Waals surface area contributed by atoms with Crippen LogP contribution in [0.25, 0.3) is 22.3 Å². The van der Waals surface area contributed by atoms with Gasteiger partial charge in [0.1, 0.15) is 22.1 Å². The Morgan fingerprint density at radius 2 is 2.00 bits per heavy atom. The molecule has 1 aromatic carbocycles. The first kappa shape index (κ1) is 23.0. The summed E-state index contributed by atoms with van der Waals surface area (Å²) in [7, 11) is 0. The van der Waals surface area contributed by atoms with Gasteiger partial charge in [-0.15, -0.1) is 0 Å². The van der Waals surface area contributed by atoms with E-state index in [2.05, 4.69) is 33.2 Å². The predicted octanol–water partition coefficient (Wildman–Crippen LogP) is 5.67. The number of hydrogen-bond donors (Lipinski definition) is 1. The molecule has 0 saturated carbocycles. The number of benzene rings is 1. The highest BCUT2D eigenvalue weighted by Crippen LogP contribution is 2.41. The van der Waals surface area contributed by atoms with E-state index in [1.807, 2.05) is 31.2 Å². The Morgan fingerprint density at radius 3 is 2.69 bits per heavy atom. The highest BCUT2D eigenvalue weighted by molar-refractivity contribution is 6.29. The first-order valence-corrected chi connectivity index (χ1v) is 12.5. The van der Waals surface area contributed by atoms with Gasteiger partial charge in [-0.3, -0.25) is 9.78 Å². The van der Waals surface area contributed by atoms with Crippen molar-refractivity contribution in [2.45, 2.75) is 38.8 Å². The maximum atomic E-state index is 13.4. The summed E-state index contributed by atoms with van der Waals surface area (Å²) in [6.45, 7) is 8.29. The van der Waals surface area contributed by atoms with Crippen molar-refractivity contribution >= 4 is 34.1 Å². The Balaban J connectivity index is 1.40. The Bertz CT molecular complexity index is 1520. The largest absolute Gasteiger partial charge is 0.455 e. The van der Waals surface area contributed by atoms with Crippen molar-refractivity contribution in [3.63, 3.8) is 0 Å². The zero-order valence-electron chi connectivity index (χ0n) is 20.5. The average Bonchev–Trinajstić information content (AvgIpc) is 2.81. The van der Waals surface area contributed by atoms with Crippen molar-refractivity contribution < 1.29 is 9.15 Å². The SMILES string of the molecule is Cc1cc([C@@H](C)Nc2ccc(Cl)nc2N2CC3(CCO3)C2)c2oc(-c3cccnc3)c(C)c(=O)c2c1. The number of nitrogens with one attached hydrogen (secondary N) is 1. The lowest BCUT2D eigenvalue weighted by Gasteiger charge is -2.55. The van der Waals surface area contributed by atoms with Crippen LogP contribution in [0.15, 0.2) is 58.0 Å². The summed E-state index contributed by atoms with van der Waals surface area (Å²) in [5.74, 6) is 1.35. The van der Waals surface area contributed by atoms with Crippen LogP contribution in [0, 0.1) is 13.8 Å². The quantitative estimate of drug-likeness (QED) is 0.352. The molecule has 7 nitrogen and oxygen atoms in total. The molecule has 2 aliphatic heterocycles. The Kier molecular flexibility index (Phi) is 5.50. The third-order valence-electron chi connectivity index (χ3n) is 7.22. The number of pyridine rings is 2. The van der Waals surface area contributed by atoms with Crippen LogP contribution in [0.2, 0.25) is 5.15 Å². The van der Waals surface area contributed by atoms with Gasteiger partial charge in [0, 0.05) is 35.5 Å². The molecule has 0 amide bonds. The molecule has 36 heavy (non-hydrogen) atoms. The minimum absolute atomic E-state index is 0.0242. The first-order chi connectivity index (χ1) is 17.3. The highest BCUT2D eigenvalue weighted by Gasteiger charge is 2.50. The van der Waals surface area contributed by atoms with Gasteiger partial charge in [0.05, 0.1) is 36.8 Å². The predicted molar refractivity (Wildman–Crippen MR) is 142 cm³/mol. The van der Waals surface area contributed by atoms with E-state index in [1.54, 1.807) is 25.4 Å². The van der Waals surface area contributed by atoms with E-state index < -0.39 is 0 Å². The molecule has 0 radical (unpaired) electrons. The fourth-order valence-corrected chi connectivity index (χ4v) is 5.33. The third-order valence-corrected chi connectivity index (χ3v) is 7.43. The summed E-state index contributed by atoms with van der Waals surface area (Å²) >= 11 is 6.27. The fraction of sp³-hybridized carbons (Fsp3) is 0.321. The molecule has 6 rings (SSSR count). The molecule has 4 aromatic rings. The topological polar surface area (TPSA) is 80.5 Å².